The quantitative estimate of drug-likeness (QED) is 0.322. The van der Waals surface area contributed by atoms with Crippen LogP contribution in [0.3, 0.4) is 0 Å². The first-order valence-electron chi connectivity index (χ1n) is 10.9. The van der Waals surface area contributed by atoms with Gasteiger partial charge in [-0.15, -0.1) is 0 Å². The summed E-state index contributed by atoms with van der Waals surface area (Å²) in [4.78, 5) is 20.1. The lowest BCUT2D eigenvalue weighted by atomic mass is 9.86. The number of halogens is 3. The average molecular weight is 494 g/mol. The Kier molecular flexibility index (Phi) is 6.78. The molecule has 1 heterocycles. The van der Waals surface area contributed by atoms with Crippen molar-refractivity contribution in [2.24, 2.45) is 0 Å². The SMILES string of the molecule is C=C(C#N)C(=O)NC1CC(Nc2ncnc(N)c2-c2ccc(Oc3cccc(C(F)(F)F)c3)cc2)C1. The number of nitrogens with one attached hydrogen (secondary N) is 2. The highest BCUT2D eigenvalue weighted by Gasteiger charge is 2.32. The molecule has 0 spiro atoms. The van der Waals surface area contributed by atoms with Gasteiger partial charge in [0.15, 0.2) is 0 Å². The number of alkyl halides is 3. The molecule has 0 atom stereocenters. The number of hydrogen-bond acceptors (Lipinski definition) is 7. The van der Waals surface area contributed by atoms with E-state index in [0.29, 0.717) is 35.5 Å². The molecular weight excluding hydrogens is 473 g/mol. The highest BCUT2D eigenvalue weighted by atomic mass is 19.4. The Morgan fingerprint density at radius 3 is 2.50 bits per heavy atom. The van der Waals surface area contributed by atoms with Crippen molar-refractivity contribution < 1.29 is 22.7 Å². The number of nitriles is 1. The molecule has 184 valence electrons. The molecule has 1 aliphatic rings. The third kappa shape index (κ3) is 5.55. The first-order chi connectivity index (χ1) is 17.1. The molecule has 0 unspecified atom stereocenters. The number of benzene rings is 2. The molecule has 36 heavy (non-hydrogen) atoms. The second-order valence-corrected chi connectivity index (χ2v) is 8.21. The molecule has 8 nitrogen and oxygen atoms in total. The number of nitrogens with two attached hydrogens (primary N) is 1. The maximum atomic E-state index is 12.9. The number of ether oxygens (including phenoxy) is 1. The van der Waals surface area contributed by atoms with Crippen LogP contribution >= 0.6 is 0 Å². The lowest BCUT2D eigenvalue weighted by molar-refractivity contribution is -0.137. The third-order valence-electron chi connectivity index (χ3n) is 5.64. The van der Waals surface area contributed by atoms with Gasteiger partial charge in [-0.2, -0.15) is 18.4 Å². The van der Waals surface area contributed by atoms with Crippen molar-refractivity contribution in [3.8, 4) is 28.7 Å². The fourth-order valence-corrected chi connectivity index (χ4v) is 3.73. The highest BCUT2D eigenvalue weighted by molar-refractivity contribution is 5.96. The number of rotatable bonds is 7. The van der Waals surface area contributed by atoms with Gasteiger partial charge in [0, 0.05) is 12.1 Å². The monoisotopic (exact) mass is 494 g/mol. The molecule has 0 saturated heterocycles. The molecule has 4 rings (SSSR count). The van der Waals surface area contributed by atoms with Gasteiger partial charge in [0.25, 0.3) is 5.91 Å². The van der Waals surface area contributed by atoms with Crippen LogP contribution in [0, 0.1) is 11.3 Å². The van der Waals surface area contributed by atoms with E-state index in [9.17, 15) is 18.0 Å². The molecule has 0 bridgehead atoms. The van der Waals surface area contributed by atoms with E-state index in [1.54, 1.807) is 30.3 Å². The summed E-state index contributed by atoms with van der Waals surface area (Å²) in [5.74, 6) is 0.672. The first-order valence-corrected chi connectivity index (χ1v) is 10.9. The molecule has 0 aliphatic heterocycles. The summed E-state index contributed by atoms with van der Waals surface area (Å²) in [5, 5.41) is 14.8. The average Bonchev–Trinajstić information content (AvgIpc) is 2.82. The smallest absolute Gasteiger partial charge is 0.416 e. The summed E-state index contributed by atoms with van der Waals surface area (Å²) in [6.07, 6.45) is -1.88. The number of amides is 1. The summed E-state index contributed by atoms with van der Waals surface area (Å²) in [7, 11) is 0. The molecule has 4 N–H and O–H groups in total. The van der Waals surface area contributed by atoms with Crippen molar-refractivity contribution in [3.63, 3.8) is 0 Å². The molecule has 0 radical (unpaired) electrons. The minimum atomic E-state index is -4.46. The standard InChI is InChI=1S/C25H21F3N6O2/c1-14(12-29)24(35)34-18-10-17(11-18)33-23-21(22(30)31-13-32-23)15-5-7-19(8-6-15)36-20-4-2-3-16(9-20)25(26,27)28/h2-9,13,17-18H,1,10-11H2,(H,34,35)(H3,30,31,32,33). The summed E-state index contributed by atoms with van der Waals surface area (Å²) in [6.45, 7) is 3.40. The summed E-state index contributed by atoms with van der Waals surface area (Å²) < 4.78 is 44.4. The van der Waals surface area contributed by atoms with Crippen LogP contribution in [-0.4, -0.2) is 28.0 Å². The zero-order chi connectivity index (χ0) is 25.9. The van der Waals surface area contributed by atoms with Gasteiger partial charge in [0.05, 0.1) is 11.1 Å². The van der Waals surface area contributed by atoms with Crippen LogP contribution in [0.2, 0.25) is 0 Å². The third-order valence-corrected chi connectivity index (χ3v) is 5.64. The Bertz CT molecular complexity index is 1330. The lowest BCUT2D eigenvalue weighted by Gasteiger charge is -2.36. The van der Waals surface area contributed by atoms with E-state index in [-0.39, 0.29) is 29.2 Å². The maximum Gasteiger partial charge on any atom is 0.416 e. The van der Waals surface area contributed by atoms with E-state index in [4.69, 9.17) is 15.7 Å². The first kappa shape index (κ1) is 24.5. The van der Waals surface area contributed by atoms with Crippen molar-refractivity contribution >= 4 is 17.5 Å². The van der Waals surface area contributed by atoms with Gasteiger partial charge in [0.2, 0.25) is 0 Å². The number of aromatic nitrogens is 2. The van der Waals surface area contributed by atoms with Gasteiger partial charge < -0.3 is 21.1 Å². The van der Waals surface area contributed by atoms with Crippen LogP contribution in [-0.2, 0) is 11.0 Å². The molecule has 1 saturated carbocycles. The molecule has 1 fully saturated rings. The van der Waals surface area contributed by atoms with E-state index in [1.807, 2.05) is 0 Å². The van der Waals surface area contributed by atoms with Crippen LogP contribution in [0.25, 0.3) is 11.1 Å². The van der Waals surface area contributed by atoms with Gasteiger partial charge in [-0.05, 0) is 48.7 Å². The fourth-order valence-electron chi connectivity index (χ4n) is 3.73. The molecule has 1 aliphatic carbocycles. The zero-order valence-electron chi connectivity index (χ0n) is 18.8. The number of carbonyl (C=O) groups is 1. The molecule has 1 amide bonds. The number of nitrogens with zero attached hydrogens (tertiary/aromatic N) is 3. The van der Waals surface area contributed by atoms with Crippen molar-refractivity contribution in [2.75, 3.05) is 11.1 Å². The molecule has 2 aromatic carbocycles. The number of carbonyl (C=O) groups excluding carboxylic acids is 1. The Hall–Kier alpha value is -4.59. The summed E-state index contributed by atoms with van der Waals surface area (Å²) >= 11 is 0. The zero-order valence-corrected chi connectivity index (χ0v) is 18.8. The van der Waals surface area contributed by atoms with Crippen molar-refractivity contribution in [1.82, 2.24) is 15.3 Å². The minimum absolute atomic E-state index is 0.0159. The Labute approximate surface area is 204 Å². The highest BCUT2D eigenvalue weighted by Crippen LogP contribution is 2.36. The van der Waals surface area contributed by atoms with Crippen LogP contribution in [0.1, 0.15) is 18.4 Å². The normalized spacial score (nSPS) is 16.8. The number of hydrogen-bond donors (Lipinski definition) is 3. The topological polar surface area (TPSA) is 126 Å². The van der Waals surface area contributed by atoms with Crippen molar-refractivity contribution in [1.29, 1.82) is 5.26 Å². The van der Waals surface area contributed by atoms with Crippen molar-refractivity contribution in [3.05, 3.63) is 72.6 Å². The minimum Gasteiger partial charge on any atom is -0.457 e. The predicted octanol–water partition coefficient (Wildman–Crippen LogP) is 4.68. The number of nitrogen functional groups attached to an aromatic ring is 1. The summed E-state index contributed by atoms with van der Waals surface area (Å²) in [5.41, 5.74) is 6.43. The largest absolute Gasteiger partial charge is 0.457 e. The van der Waals surface area contributed by atoms with E-state index in [2.05, 4.69) is 27.2 Å². The second-order valence-electron chi connectivity index (χ2n) is 8.21. The van der Waals surface area contributed by atoms with E-state index >= 15 is 0 Å². The van der Waals surface area contributed by atoms with Crippen LogP contribution < -0.4 is 21.1 Å². The molecule has 11 heteroatoms. The Balaban J connectivity index is 1.44. The van der Waals surface area contributed by atoms with Gasteiger partial charge in [-0.1, -0.05) is 24.8 Å². The van der Waals surface area contributed by atoms with Gasteiger partial charge in [-0.25, -0.2) is 9.97 Å². The Morgan fingerprint density at radius 1 is 1.11 bits per heavy atom. The van der Waals surface area contributed by atoms with Crippen molar-refractivity contribution in [2.45, 2.75) is 31.1 Å². The maximum absolute atomic E-state index is 12.9. The molecule has 3 aromatic rings. The fraction of sp³-hybridized carbons (Fsp3) is 0.200. The summed E-state index contributed by atoms with van der Waals surface area (Å²) in [6, 6.07) is 12.9. The van der Waals surface area contributed by atoms with Gasteiger partial charge >= 0.3 is 6.18 Å². The van der Waals surface area contributed by atoms with E-state index < -0.39 is 17.6 Å². The van der Waals surface area contributed by atoms with Gasteiger partial charge in [-0.3, -0.25) is 4.79 Å². The predicted molar refractivity (Wildman–Crippen MR) is 127 cm³/mol. The van der Waals surface area contributed by atoms with E-state index in [1.165, 1.54) is 18.5 Å². The van der Waals surface area contributed by atoms with Gasteiger partial charge in [0.1, 0.15) is 41.1 Å². The van der Waals surface area contributed by atoms with Crippen LogP contribution in [0.4, 0.5) is 24.8 Å². The lowest BCUT2D eigenvalue weighted by Crippen LogP contribution is -2.50. The number of anilines is 2. The molecular formula is C25H21F3N6O2. The Morgan fingerprint density at radius 2 is 1.83 bits per heavy atom. The van der Waals surface area contributed by atoms with Crippen LogP contribution in [0.15, 0.2) is 67.0 Å². The van der Waals surface area contributed by atoms with E-state index in [0.717, 1.165) is 12.1 Å². The van der Waals surface area contributed by atoms with Crippen LogP contribution in [0.5, 0.6) is 11.5 Å². The molecule has 1 aromatic heterocycles. The second kappa shape index (κ2) is 9.95.